The predicted molar refractivity (Wildman–Crippen MR) is 121 cm³/mol. The van der Waals surface area contributed by atoms with Gasteiger partial charge in [0.2, 0.25) is 0 Å². The Hall–Kier alpha value is -3.16. The first-order valence-electron chi connectivity index (χ1n) is 9.22. The fraction of sp³-hybridized carbons (Fsp3) is 0.0870. The monoisotopic (exact) mass is 498 g/mol. The number of rotatable bonds is 4. The van der Waals surface area contributed by atoms with Crippen LogP contribution in [0.2, 0.25) is 5.02 Å². The molecule has 31 heavy (non-hydrogen) atoms. The van der Waals surface area contributed by atoms with Crippen molar-refractivity contribution in [3.63, 3.8) is 0 Å². The van der Waals surface area contributed by atoms with Crippen LogP contribution in [0.25, 0.3) is 5.76 Å². The van der Waals surface area contributed by atoms with Crippen LogP contribution in [0.3, 0.4) is 0 Å². The van der Waals surface area contributed by atoms with Crippen LogP contribution in [0.15, 0.2) is 77.0 Å². The lowest BCUT2D eigenvalue weighted by Crippen LogP contribution is -2.29. The van der Waals surface area contributed by atoms with Crippen LogP contribution in [0.4, 0.5) is 5.69 Å². The molecule has 8 heteroatoms. The Kier molecular flexibility index (Phi) is 5.80. The molecule has 2 aromatic carbocycles. The summed E-state index contributed by atoms with van der Waals surface area (Å²) in [5.74, 6) is -1.59. The van der Waals surface area contributed by atoms with Crippen molar-refractivity contribution in [2.75, 3.05) is 12.0 Å². The minimum Gasteiger partial charge on any atom is -0.507 e. The van der Waals surface area contributed by atoms with Crippen molar-refractivity contribution in [2.24, 2.45) is 0 Å². The summed E-state index contributed by atoms with van der Waals surface area (Å²) in [6, 6.07) is 14.3. The molecule has 1 aliphatic heterocycles. The highest BCUT2D eigenvalue weighted by Crippen LogP contribution is 2.43. The third-order valence-corrected chi connectivity index (χ3v) is 5.70. The number of benzene rings is 2. The lowest BCUT2D eigenvalue weighted by atomic mass is 9.95. The maximum atomic E-state index is 13.1. The van der Waals surface area contributed by atoms with Crippen LogP contribution < -0.4 is 9.64 Å². The molecule has 0 aliphatic carbocycles. The van der Waals surface area contributed by atoms with Crippen molar-refractivity contribution in [2.45, 2.75) is 6.04 Å². The minimum absolute atomic E-state index is 0.0586. The molecule has 1 saturated heterocycles. The number of nitrogens with zero attached hydrogens (tertiary/aromatic N) is 2. The highest BCUT2D eigenvalue weighted by Gasteiger charge is 2.47. The number of carbonyl (C=O) groups excluding carboxylic acids is 2. The fourth-order valence-electron chi connectivity index (χ4n) is 3.60. The van der Waals surface area contributed by atoms with E-state index in [-0.39, 0.29) is 16.9 Å². The number of hydrogen-bond acceptors (Lipinski definition) is 5. The van der Waals surface area contributed by atoms with Crippen LogP contribution in [0.5, 0.6) is 5.75 Å². The van der Waals surface area contributed by atoms with Gasteiger partial charge in [0, 0.05) is 27.6 Å². The molecule has 1 N–H and O–H groups in total. The van der Waals surface area contributed by atoms with E-state index < -0.39 is 17.7 Å². The van der Waals surface area contributed by atoms with Crippen LogP contribution in [0.1, 0.15) is 17.2 Å². The summed E-state index contributed by atoms with van der Waals surface area (Å²) in [4.78, 5) is 31.6. The van der Waals surface area contributed by atoms with Gasteiger partial charge in [-0.3, -0.25) is 19.5 Å². The average Bonchev–Trinajstić information content (AvgIpc) is 3.04. The number of aromatic nitrogens is 1. The van der Waals surface area contributed by atoms with Crippen LogP contribution in [-0.2, 0) is 9.59 Å². The second kappa shape index (κ2) is 8.53. The number of hydrogen-bond donors (Lipinski definition) is 1. The van der Waals surface area contributed by atoms with Crippen LogP contribution in [-0.4, -0.2) is 28.9 Å². The molecule has 1 amide bonds. The van der Waals surface area contributed by atoms with Crippen molar-refractivity contribution in [1.29, 1.82) is 0 Å². The topological polar surface area (TPSA) is 79.7 Å². The van der Waals surface area contributed by atoms with E-state index in [1.165, 1.54) is 18.1 Å². The van der Waals surface area contributed by atoms with Gasteiger partial charge in [-0.2, -0.15) is 0 Å². The van der Waals surface area contributed by atoms with Gasteiger partial charge in [0.25, 0.3) is 11.7 Å². The van der Waals surface area contributed by atoms with E-state index in [1.54, 1.807) is 54.9 Å². The molecule has 4 rings (SSSR count). The van der Waals surface area contributed by atoms with Gasteiger partial charge >= 0.3 is 0 Å². The summed E-state index contributed by atoms with van der Waals surface area (Å²) in [6.45, 7) is 0. The van der Waals surface area contributed by atoms with E-state index in [0.717, 1.165) is 4.47 Å². The Morgan fingerprint density at radius 1 is 1.13 bits per heavy atom. The Labute approximate surface area is 191 Å². The van der Waals surface area contributed by atoms with Gasteiger partial charge in [-0.1, -0.05) is 33.6 Å². The van der Waals surface area contributed by atoms with Gasteiger partial charge in [-0.15, -0.1) is 0 Å². The average molecular weight is 500 g/mol. The summed E-state index contributed by atoms with van der Waals surface area (Å²) in [5, 5.41) is 11.6. The number of methoxy groups -OCH3 is 1. The number of carbonyl (C=O) groups is 2. The Bertz CT molecular complexity index is 1210. The van der Waals surface area contributed by atoms with Crippen molar-refractivity contribution < 1.29 is 19.4 Å². The third-order valence-electron chi connectivity index (χ3n) is 4.97. The standard InChI is InChI=1S/C23H16BrClN2O4/c1-31-18-6-5-15(25)12-17(18)21(28)19-20(13-7-9-26-10-8-13)27(23(30)22(19)29)16-4-2-3-14(24)11-16/h2-12,20,28H,1H3/b21-19+. The van der Waals surface area contributed by atoms with Crippen molar-refractivity contribution >= 4 is 50.7 Å². The lowest BCUT2D eigenvalue weighted by Gasteiger charge is -2.25. The van der Waals surface area contributed by atoms with E-state index in [2.05, 4.69) is 20.9 Å². The van der Waals surface area contributed by atoms with Gasteiger partial charge in [-0.25, -0.2) is 0 Å². The number of Topliss-reactive ketones (excluding diaryl/α,β-unsaturated/α-hetero) is 1. The number of aliphatic hydroxyl groups excluding tert-OH is 1. The van der Waals surface area contributed by atoms with Crippen LogP contribution in [0, 0.1) is 0 Å². The van der Waals surface area contributed by atoms with E-state index >= 15 is 0 Å². The molecule has 156 valence electrons. The summed E-state index contributed by atoms with van der Waals surface area (Å²) in [7, 11) is 1.44. The molecular formula is C23H16BrClN2O4. The number of ether oxygens (including phenoxy) is 1. The SMILES string of the molecule is COc1ccc(Cl)cc1/C(O)=C1\C(=O)C(=O)N(c2cccc(Br)c2)C1c1ccncc1. The Morgan fingerprint density at radius 3 is 2.55 bits per heavy atom. The van der Waals surface area contributed by atoms with Crippen molar-refractivity contribution in [3.8, 4) is 5.75 Å². The molecule has 1 aromatic heterocycles. The lowest BCUT2D eigenvalue weighted by molar-refractivity contribution is -0.132. The minimum atomic E-state index is -0.860. The van der Waals surface area contributed by atoms with E-state index in [1.807, 2.05) is 6.07 Å². The summed E-state index contributed by atoms with van der Waals surface area (Å²) < 4.78 is 6.08. The first-order valence-corrected chi connectivity index (χ1v) is 10.4. The van der Waals surface area contributed by atoms with Crippen molar-refractivity contribution in [3.05, 3.63) is 93.2 Å². The number of anilines is 1. The number of pyridine rings is 1. The highest BCUT2D eigenvalue weighted by molar-refractivity contribution is 9.10. The molecule has 0 spiro atoms. The molecule has 6 nitrogen and oxygen atoms in total. The van der Waals surface area contributed by atoms with Gasteiger partial charge < -0.3 is 9.84 Å². The molecule has 1 fully saturated rings. The van der Waals surface area contributed by atoms with Gasteiger partial charge in [0.05, 0.1) is 24.3 Å². The maximum Gasteiger partial charge on any atom is 0.300 e. The predicted octanol–water partition coefficient (Wildman–Crippen LogP) is 5.13. The molecule has 3 aromatic rings. The van der Waals surface area contributed by atoms with Crippen molar-refractivity contribution in [1.82, 2.24) is 4.98 Å². The summed E-state index contributed by atoms with van der Waals surface area (Å²) >= 11 is 9.52. The summed E-state index contributed by atoms with van der Waals surface area (Å²) in [6.07, 6.45) is 3.13. The van der Waals surface area contributed by atoms with Crippen LogP contribution >= 0.6 is 27.5 Å². The first-order chi connectivity index (χ1) is 14.9. The molecule has 2 heterocycles. The molecule has 0 bridgehead atoms. The molecule has 1 atom stereocenters. The first kappa shape index (κ1) is 21.1. The highest BCUT2D eigenvalue weighted by atomic mass is 79.9. The van der Waals surface area contributed by atoms with Gasteiger partial charge in [0.15, 0.2) is 0 Å². The largest absolute Gasteiger partial charge is 0.507 e. The normalized spacial score (nSPS) is 17.8. The number of aliphatic hydroxyl groups is 1. The zero-order valence-corrected chi connectivity index (χ0v) is 18.6. The van der Waals surface area contributed by atoms with Gasteiger partial charge in [0.1, 0.15) is 11.5 Å². The molecule has 1 unspecified atom stereocenters. The molecule has 0 radical (unpaired) electrons. The zero-order chi connectivity index (χ0) is 22.1. The Morgan fingerprint density at radius 2 is 1.87 bits per heavy atom. The zero-order valence-electron chi connectivity index (χ0n) is 16.3. The number of halogens is 2. The maximum absolute atomic E-state index is 13.1. The van der Waals surface area contributed by atoms with E-state index in [0.29, 0.717) is 22.0 Å². The molecule has 1 aliphatic rings. The van der Waals surface area contributed by atoms with E-state index in [9.17, 15) is 14.7 Å². The molecule has 0 saturated carbocycles. The quantitative estimate of drug-likeness (QED) is 0.306. The second-order valence-electron chi connectivity index (χ2n) is 6.77. The Balaban J connectivity index is 1.99. The molecular weight excluding hydrogens is 484 g/mol. The fourth-order valence-corrected chi connectivity index (χ4v) is 4.16. The number of amides is 1. The van der Waals surface area contributed by atoms with E-state index in [4.69, 9.17) is 16.3 Å². The second-order valence-corrected chi connectivity index (χ2v) is 8.13. The van der Waals surface area contributed by atoms with Gasteiger partial charge in [-0.05, 0) is 54.1 Å². The third kappa shape index (κ3) is 3.82. The summed E-state index contributed by atoms with van der Waals surface area (Å²) in [5.41, 5.74) is 1.30. The number of ketones is 1. The smallest absolute Gasteiger partial charge is 0.300 e.